The number of primary amides is 1. The van der Waals surface area contributed by atoms with Gasteiger partial charge in [0.05, 0.1) is 18.0 Å². The van der Waals surface area contributed by atoms with Crippen molar-refractivity contribution in [2.75, 3.05) is 19.8 Å². The molecule has 2 atom stereocenters. The Hall–Kier alpha value is -3.01. The summed E-state index contributed by atoms with van der Waals surface area (Å²) in [6.45, 7) is 3.52. The second-order valence-electron chi connectivity index (χ2n) is 5.55. The highest BCUT2D eigenvalue weighted by molar-refractivity contribution is 5.88. The van der Waals surface area contributed by atoms with Gasteiger partial charge in [-0.1, -0.05) is 12.1 Å². The Labute approximate surface area is 156 Å². The molecule has 0 spiro atoms. The van der Waals surface area contributed by atoms with Gasteiger partial charge in [0.2, 0.25) is 11.8 Å². The van der Waals surface area contributed by atoms with Crippen molar-refractivity contribution in [2.45, 2.75) is 32.2 Å². The number of nitrogens with two attached hydrogens (primary N) is 1. The molecule has 0 aromatic heterocycles. The molecule has 0 aliphatic carbocycles. The monoisotopic (exact) mass is 381 g/mol. The molecule has 10 nitrogen and oxygen atoms in total. The lowest BCUT2D eigenvalue weighted by Gasteiger charge is -2.25. The van der Waals surface area contributed by atoms with Crippen LogP contribution in [0.15, 0.2) is 24.3 Å². The summed E-state index contributed by atoms with van der Waals surface area (Å²) < 4.78 is 9.91. The highest BCUT2D eigenvalue weighted by Crippen LogP contribution is 2.26. The van der Waals surface area contributed by atoms with Crippen molar-refractivity contribution in [3.05, 3.63) is 39.9 Å². The molecule has 0 fully saturated rings. The van der Waals surface area contributed by atoms with Gasteiger partial charge in [-0.2, -0.15) is 0 Å². The molecule has 148 valence electrons. The Bertz CT molecular complexity index is 676. The summed E-state index contributed by atoms with van der Waals surface area (Å²) in [4.78, 5) is 46.1. The van der Waals surface area contributed by atoms with E-state index in [9.17, 15) is 24.5 Å². The first-order valence-corrected chi connectivity index (χ1v) is 8.36. The van der Waals surface area contributed by atoms with Crippen molar-refractivity contribution in [1.29, 1.82) is 0 Å². The molecule has 0 radical (unpaired) electrons. The molecule has 10 heteroatoms. The van der Waals surface area contributed by atoms with Gasteiger partial charge in [-0.05, 0) is 19.4 Å². The minimum Gasteiger partial charge on any atom is -0.466 e. The van der Waals surface area contributed by atoms with E-state index in [2.05, 4.69) is 5.32 Å². The third kappa shape index (κ3) is 7.02. The molecule has 0 bridgehead atoms. The zero-order valence-electron chi connectivity index (χ0n) is 15.2. The predicted octanol–water partition coefficient (Wildman–Crippen LogP) is 0.638. The lowest BCUT2D eigenvalue weighted by atomic mass is 9.87. The van der Waals surface area contributed by atoms with Crippen molar-refractivity contribution in [2.24, 2.45) is 5.73 Å². The van der Waals surface area contributed by atoms with E-state index in [4.69, 9.17) is 15.2 Å². The number of non-ortho nitro benzene ring substituents is 1. The number of nitro groups is 1. The summed E-state index contributed by atoms with van der Waals surface area (Å²) in [6.07, 6.45) is -0.242. The second-order valence-corrected chi connectivity index (χ2v) is 5.55. The first kappa shape index (κ1) is 22.0. The van der Waals surface area contributed by atoms with Gasteiger partial charge in [0.25, 0.3) is 5.69 Å². The zero-order valence-corrected chi connectivity index (χ0v) is 15.2. The number of nitro benzene ring substituents is 1. The van der Waals surface area contributed by atoms with Gasteiger partial charge in [-0.25, -0.2) is 0 Å². The number of hydrogen-bond acceptors (Lipinski definition) is 7. The average molecular weight is 381 g/mol. The number of carbonyl (C=O) groups excluding carboxylic acids is 3. The van der Waals surface area contributed by atoms with E-state index in [1.165, 1.54) is 24.3 Å². The Morgan fingerprint density at radius 3 is 2.30 bits per heavy atom. The molecule has 0 saturated heterocycles. The molecule has 0 heterocycles. The number of carbonyl (C=O) groups is 3. The fourth-order valence-electron chi connectivity index (χ4n) is 2.45. The molecule has 1 rings (SSSR count). The number of nitrogens with one attached hydrogen (secondary N) is 1. The minimum atomic E-state index is -1.22. The molecule has 0 saturated carbocycles. The molecule has 0 unspecified atom stereocenters. The highest BCUT2D eigenvalue weighted by Gasteiger charge is 2.32. The van der Waals surface area contributed by atoms with Crippen LogP contribution in [0.1, 0.15) is 31.7 Å². The van der Waals surface area contributed by atoms with Gasteiger partial charge in [-0.15, -0.1) is 0 Å². The van der Waals surface area contributed by atoms with Gasteiger partial charge < -0.3 is 20.5 Å². The quantitative estimate of drug-likeness (QED) is 0.324. The fourth-order valence-corrected chi connectivity index (χ4v) is 2.45. The molecule has 2 amide bonds. The van der Waals surface area contributed by atoms with E-state index in [1.807, 2.05) is 0 Å². The van der Waals surface area contributed by atoms with E-state index in [0.29, 0.717) is 12.2 Å². The van der Waals surface area contributed by atoms with E-state index in [0.717, 1.165) is 0 Å². The highest BCUT2D eigenvalue weighted by atomic mass is 16.6. The van der Waals surface area contributed by atoms with Crippen molar-refractivity contribution in [3.63, 3.8) is 0 Å². The summed E-state index contributed by atoms with van der Waals surface area (Å²) >= 11 is 0. The smallest absolute Gasteiger partial charge is 0.306 e. The second kappa shape index (κ2) is 10.9. The molecule has 27 heavy (non-hydrogen) atoms. The summed E-state index contributed by atoms with van der Waals surface area (Å²) in [5, 5.41) is 13.3. The molecule has 1 aromatic carbocycles. The summed E-state index contributed by atoms with van der Waals surface area (Å²) in [5.41, 5.74) is 5.70. The molecular formula is C17H23N3O7. The van der Waals surface area contributed by atoms with Crippen LogP contribution in [0.3, 0.4) is 0 Å². The summed E-state index contributed by atoms with van der Waals surface area (Å²) in [5.74, 6) is -2.87. The first-order valence-electron chi connectivity index (χ1n) is 8.36. The normalized spacial score (nSPS) is 12.7. The minimum absolute atomic E-state index is 0.143. The van der Waals surface area contributed by atoms with Gasteiger partial charge in [0, 0.05) is 24.7 Å². The van der Waals surface area contributed by atoms with Gasteiger partial charge >= 0.3 is 5.97 Å². The van der Waals surface area contributed by atoms with Crippen LogP contribution in [0.5, 0.6) is 0 Å². The lowest BCUT2D eigenvalue weighted by Crippen LogP contribution is -2.49. The maximum absolute atomic E-state index is 12.0. The standard InChI is InChI=1S/C17H23N3O7/c1-3-26-10-14(21)19-16(17(18)23)13(9-15(22)27-4-2)11-5-7-12(8-6-11)20(24)25/h5-8,13,16H,3-4,9-10H2,1-2H3,(H2,18,23)(H,19,21)/t13-,16+/m0/s1. The Morgan fingerprint density at radius 1 is 1.19 bits per heavy atom. The van der Waals surface area contributed by atoms with Crippen LogP contribution >= 0.6 is 0 Å². The third-order valence-electron chi connectivity index (χ3n) is 3.69. The Balaban J connectivity index is 3.15. The van der Waals surface area contributed by atoms with Crippen molar-refractivity contribution >= 4 is 23.5 Å². The van der Waals surface area contributed by atoms with Crippen molar-refractivity contribution in [3.8, 4) is 0 Å². The molecule has 1 aromatic rings. The number of ether oxygens (including phenoxy) is 2. The van der Waals surface area contributed by atoms with Crippen molar-refractivity contribution < 1.29 is 28.8 Å². The number of benzene rings is 1. The van der Waals surface area contributed by atoms with Crippen LogP contribution in [0.25, 0.3) is 0 Å². The number of nitrogens with zero attached hydrogens (tertiary/aromatic N) is 1. The van der Waals surface area contributed by atoms with Crippen LogP contribution in [0.4, 0.5) is 5.69 Å². The van der Waals surface area contributed by atoms with Crippen molar-refractivity contribution in [1.82, 2.24) is 5.32 Å². The third-order valence-corrected chi connectivity index (χ3v) is 3.69. The first-order chi connectivity index (χ1) is 12.8. The number of esters is 1. The van der Waals surface area contributed by atoms with E-state index < -0.39 is 34.7 Å². The lowest BCUT2D eigenvalue weighted by molar-refractivity contribution is -0.384. The number of amides is 2. The summed E-state index contributed by atoms with van der Waals surface area (Å²) in [7, 11) is 0. The van der Waals surface area contributed by atoms with Crippen LogP contribution < -0.4 is 11.1 Å². The Morgan fingerprint density at radius 2 is 1.81 bits per heavy atom. The maximum atomic E-state index is 12.0. The number of rotatable bonds is 11. The van der Waals surface area contributed by atoms with Crippen LogP contribution in [0, 0.1) is 10.1 Å². The van der Waals surface area contributed by atoms with E-state index >= 15 is 0 Å². The Kier molecular flexibility index (Phi) is 8.86. The maximum Gasteiger partial charge on any atom is 0.306 e. The SMILES string of the molecule is CCOCC(=O)N[C@@H](C(N)=O)[C@@H](CC(=O)OCC)c1ccc([N+](=O)[O-])cc1. The average Bonchev–Trinajstić information content (AvgIpc) is 2.63. The van der Waals surface area contributed by atoms with Gasteiger partial charge in [0.15, 0.2) is 0 Å². The van der Waals surface area contributed by atoms with Crippen LogP contribution in [-0.2, 0) is 23.9 Å². The zero-order chi connectivity index (χ0) is 20.4. The van der Waals surface area contributed by atoms with E-state index in [1.54, 1.807) is 13.8 Å². The topological polar surface area (TPSA) is 151 Å². The molecular weight excluding hydrogens is 358 g/mol. The molecule has 3 N–H and O–H groups in total. The van der Waals surface area contributed by atoms with Crippen LogP contribution in [-0.4, -0.2) is 48.6 Å². The van der Waals surface area contributed by atoms with Gasteiger partial charge in [-0.3, -0.25) is 24.5 Å². The van der Waals surface area contributed by atoms with Crippen LogP contribution in [0.2, 0.25) is 0 Å². The van der Waals surface area contributed by atoms with E-state index in [-0.39, 0.29) is 25.3 Å². The number of hydrogen-bond donors (Lipinski definition) is 2. The van der Waals surface area contributed by atoms with Gasteiger partial charge in [0.1, 0.15) is 12.6 Å². The fraction of sp³-hybridized carbons (Fsp3) is 0.471. The largest absolute Gasteiger partial charge is 0.466 e. The molecule has 0 aliphatic heterocycles. The predicted molar refractivity (Wildman–Crippen MR) is 94.7 cm³/mol. The molecule has 0 aliphatic rings. The summed E-state index contributed by atoms with van der Waals surface area (Å²) in [6, 6.07) is 4.09.